The Morgan fingerprint density at radius 2 is 2.00 bits per heavy atom. The highest BCUT2D eigenvalue weighted by atomic mass is 16.6. The van der Waals surface area contributed by atoms with E-state index in [1.165, 1.54) is 4.90 Å². The van der Waals surface area contributed by atoms with Crippen LogP contribution in [0.3, 0.4) is 0 Å². The number of piperazine rings is 1. The predicted octanol–water partition coefficient (Wildman–Crippen LogP) is 1.46. The average molecular weight is 292 g/mol. The van der Waals surface area contributed by atoms with Gasteiger partial charge >= 0.3 is 6.09 Å². The summed E-state index contributed by atoms with van der Waals surface area (Å²) in [5, 5.41) is 0. The van der Waals surface area contributed by atoms with Crippen molar-refractivity contribution < 1.29 is 19.1 Å². The lowest BCUT2D eigenvalue weighted by molar-refractivity contribution is -0.147. The predicted molar refractivity (Wildman–Crippen MR) is 76.4 cm³/mol. The van der Waals surface area contributed by atoms with E-state index >= 15 is 0 Å². The van der Waals surface area contributed by atoms with Crippen LogP contribution in [0.1, 0.15) is 12.5 Å². The summed E-state index contributed by atoms with van der Waals surface area (Å²) < 4.78 is 10.4. The highest BCUT2D eigenvalue weighted by Gasteiger charge is 2.30. The second-order valence-electron chi connectivity index (χ2n) is 4.88. The van der Waals surface area contributed by atoms with Gasteiger partial charge in [0.2, 0.25) is 5.91 Å². The Labute approximate surface area is 124 Å². The summed E-state index contributed by atoms with van der Waals surface area (Å²) in [7, 11) is 1.55. The first-order chi connectivity index (χ1) is 10.1. The summed E-state index contributed by atoms with van der Waals surface area (Å²) in [5.74, 6) is -0.132. The van der Waals surface area contributed by atoms with E-state index in [-0.39, 0.29) is 25.3 Å². The maximum atomic E-state index is 12.0. The molecule has 2 rings (SSSR count). The van der Waals surface area contributed by atoms with Gasteiger partial charge in [0.05, 0.1) is 0 Å². The van der Waals surface area contributed by atoms with Crippen molar-refractivity contribution in [1.29, 1.82) is 0 Å². The number of amides is 2. The number of hydrogen-bond donors (Lipinski definition) is 0. The van der Waals surface area contributed by atoms with Crippen molar-refractivity contribution in [2.75, 3.05) is 26.7 Å². The minimum atomic E-state index is -0.461. The van der Waals surface area contributed by atoms with Crippen LogP contribution in [0.15, 0.2) is 30.3 Å². The zero-order valence-electron chi connectivity index (χ0n) is 12.3. The third kappa shape index (κ3) is 3.95. The van der Waals surface area contributed by atoms with E-state index in [0.717, 1.165) is 5.56 Å². The first kappa shape index (κ1) is 15.3. The third-order valence-electron chi connectivity index (χ3n) is 3.50. The fraction of sp³-hybridized carbons (Fsp3) is 0.467. The molecule has 2 amide bonds. The quantitative estimate of drug-likeness (QED) is 0.843. The van der Waals surface area contributed by atoms with E-state index in [1.54, 1.807) is 18.9 Å². The van der Waals surface area contributed by atoms with Crippen molar-refractivity contribution in [3.63, 3.8) is 0 Å². The first-order valence-corrected chi connectivity index (χ1v) is 6.89. The molecule has 6 nitrogen and oxygen atoms in total. The third-order valence-corrected chi connectivity index (χ3v) is 3.50. The molecule has 1 fully saturated rings. The highest BCUT2D eigenvalue weighted by molar-refractivity contribution is 5.83. The molecular weight excluding hydrogens is 272 g/mol. The molecule has 1 aromatic rings. The number of hydrogen-bond acceptors (Lipinski definition) is 4. The van der Waals surface area contributed by atoms with Crippen molar-refractivity contribution >= 4 is 12.0 Å². The first-order valence-electron chi connectivity index (χ1n) is 6.89. The number of methoxy groups -OCH3 is 1. The fourth-order valence-electron chi connectivity index (χ4n) is 2.16. The molecule has 1 unspecified atom stereocenters. The van der Waals surface area contributed by atoms with E-state index < -0.39 is 6.09 Å². The van der Waals surface area contributed by atoms with E-state index in [0.29, 0.717) is 13.1 Å². The van der Waals surface area contributed by atoms with Crippen molar-refractivity contribution in [2.24, 2.45) is 0 Å². The second kappa shape index (κ2) is 7.08. The van der Waals surface area contributed by atoms with Gasteiger partial charge in [0.15, 0.2) is 0 Å². The van der Waals surface area contributed by atoms with Crippen molar-refractivity contribution in [1.82, 2.24) is 9.80 Å². The van der Waals surface area contributed by atoms with Gasteiger partial charge in [-0.1, -0.05) is 30.3 Å². The summed E-state index contributed by atoms with van der Waals surface area (Å²) in [6, 6.07) is 9.45. The average Bonchev–Trinajstić information content (AvgIpc) is 2.52. The molecule has 0 radical (unpaired) electrons. The molecule has 1 saturated heterocycles. The zero-order chi connectivity index (χ0) is 15.2. The molecule has 1 aliphatic rings. The minimum absolute atomic E-state index is 0.0291. The van der Waals surface area contributed by atoms with Gasteiger partial charge in [0.25, 0.3) is 0 Å². The minimum Gasteiger partial charge on any atom is -0.445 e. The topological polar surface area (TPSA) is 59.1 Å². The molecular formula is C15H20N2O4. The normalized spacial score (nSPS) is 16.8. The molecule has 0 spiro atoms. The van der Waals surface area contributed by atoms with Gasteiger partial charge in [-0.2, -0.15) is 0 Å². The molecule has 6 heteroatoms. The summed E-state index contributed by atoms with van der Waals surface area (Å²) >= 11 is 0. The molecule has 0 N–H and O–H groups in total. The maximum Gasteiger partial charge on any atom is 0.410 e. The molecule has 21 heavy (non-hydrogen) atoms. The van der Waals surface area contributed by atoms with Crippen molar-refractivity contribution in [3.05, 3.63) is 35.9 Å². The highest BCUT2D eigenvalue weighted by Crippen LogP contribution is 2.10. The van der Waals surface area contributed by atoms with Gasteiger partial charge in [-0.15, -0.1) is 0 Å². The van der Waals surface area contributed by atoms with Crippen LogP contribution < -0.4 is 0 Å². The number of benzene rings is 1. The number of nitrogens with zero attached hydrogens (tertiary/aromatic N) is 2. The van der Waals surface area contributed by atoms with Crippen LogP contribution >= 0.6 is 0 Å². The Hall–Kier alpha value is -2.08. The van der Waals surface area contributed by atoms with E-state index in [1.807, 2.05) is 30.3 Å². The van der Waals surface area contributed by atoms with Gasteiger partial charge in [-0.05, 0) is 12.5 Å². The van der Waals surface area contributed by atoms with E-state index in [4.69, 9.17) is 9.47 Å². The molecule has 0 aromatic heterocycles. The molecule has 114 valence electrons. The Morgan fingerprint density at radius 1 is 1.29 bits per heavy atom. The molecule has 0 aliphatic carbocycles. The molecule has 0 saturated carbocycles. The lowest BCUT2D eigenvalue weighted by atomic mass is 10.2. The number of carbonyl (C=O) groups is 2. The largest absolute Gasteiger partial charge is 0.445 e. The van der Waals surface area contributed by atoms with E-state index in [9.17, 15) is 9.59 Å². The van der Waals surface area contributed by atoms with Crippen LogP contribution in [-0.2, 0) is 20.9 Å². The Kier molecular flexibility index (Phi) is 5.16. The van der Waals surface area contributed by atoms with Crippen molar-refractivity contribution in [2.45, 2.75) is 19.8 Å². The van der Waals surface area contributed by atoms with Crippen LogP contribution in [-0.4, -0.2) is 54.8 Å². The summed E-state index contributed by atoms with van der Waals surface area (Å²) in [5.41, 5.74) is 0.920. The van der Waals surface area contributed by atoms with E-state index in [2.05, 4.69) is 0 Å². The summed E-state index contributed by atoms with van der Waals surface area (Å²) in [6.45, 7) is 2.95. The SMILES string of the molecule is COC(C)N1CCN(C(=O)OCc2ccccc2)CC1=O. The van der Waals surface area contributed by atoms with Crippen LogP contribution in [0.25, 0.3) is 0 Å². The van der Waals surface area contributed by atoms with Crippen molar-refractivity contribution in [3.8, 4) is 0 Å². The molecule has 0 bridgehead atoms. The zero-order valence-corrected chi connectivity index (χ0v) is 12.3. The van der Waals surface area contributed by atoms with Crippen LogP contribution in [0.2, 0.25) is 0 Å². The fourth-order valence-corrected chi connectivity index (χ4v) is 2.16. The Morgan fingerprint density at radius 3 is 2.62 bits per heavy atom. The van der Waals surface area contributed by atoms with Gasteiger partial charge in [0, 0.05) is 20.2 Å². The number of ether oxygens (including phenoxy) is 2. The smallest absolute Gasteiger partial charge is 0.410 e. The van der Waals surface area contributed by atoms with Crippen LogP contribution in [0, 0.1) is 0 Å². The van der Waals surface area contributed by atoms with Gasteiger partial charge < -0.3 is 14.4 Å². The summed E-state index contributed by atoms with van der Waals surface area (Å²) in [4.78, 5) is 27.0. The lowest BCUT2D eigenvalue weighted by Crippen LogP contribution is -2.55. The van der Waals surface area contributed by atoms with Gasteiger partial charge in [-0.3, -0.25) is 9.69 Å². The molecule has 1 atom stereocenters. The molecule has 1 aliphatic heterocycles. The number of rotatable bonds is 4. The molecule has 1 heterocycles. The number of carbonyl (C=O) groups excluding carboxylic acids is 2. The Bertz CT molecular complexity index is 492. The monoisotopic (exact) mass is 292 g/mol. The maximum absolute atomic E-state index is 12.0. The van der Waals surface area contributed by atoms with Gasteiger partial charge in [0.1, 0.15) is 19.4 Å². The summed E-state index contributed by atoms with van der Waals surface area (Å²) in [6.07, 6.45) is -0.739. The van der Waals surface area contributed by atoms with Gasteiger partial charge in [-0.25, -0.2) is 4.79 Å². The Balaban J connectivity index is 1.83. The lowest BCUT2D eigenvalue weighted by Gasteiger charge is -2.36. The second-order valence-corrected chi connectivity index (χ2v) is 4.88. The van der Waals surface area contributed by atoms with Crippen LogP contribution in [0.5, 0.6) is 0 Å². The van der Waals surface area contributed by atoms with Crippen LogP contribution in [0.4, 0.5) is 4.79 Å². The molecule has 1 aromatic carbocycles. The standard InChI is InChI=1S/C15H20N2O4/c1-12(20-2)17-9-8-16(10-14(17)18)15(19)21-11-13-6-4-3-5-7-13/h3-7,12H,8-11H2,1-2H3.